The Morgan fingerprint density at radius 1 is 1.15 bits per heavy atom. The summed E-state index contributed by atoms with van der Waals surface area (Å²) in [5.74, 6) is 6.28. The van der Waals surface area contributed by atoms with E-state index in [4.69, 9.17) is 37.1 Å². The normalized spacial score (nSPS) is 19.8. The number of alkyl halides is 2. The van der Waals surface area contributed by atoms with E-state index >= 15 is 0 Å². The van der Waals surface area contributed by atoms with Gasteiger partial charge >= 0.3 is 6.61 Å². The molecule has 1 atom stereocenters. The second kappa shape index (κ2) is 16.7. The topological polar surface area (TPSA) is 161 Å². The van der Waals surface area contributed by atoms with Gasteiger partial charge in [-0.2, -0.15) is 14.2 Å². The number of nitrogens with zero attached hydrogens (tertiary/aromatic N) is 7. The van der Waals surface area contributed by atoms with E-state index in [1.165, 1.54) is 4.70 Å². The summed E-state index contributed by atoms with van der Waals surface area (Å²) in [6.45, 7) is 2.31. The van der Waals surface area contributed by atoms with Crippen LogP contribution in [0.1, 0.15) is 38.6 Å². The predicted octanol–water partition coefficient (Wildman–Crippen LogP) is 4.88. The molecule has 1 aromatic carbocycles. The van der Waals surface area contributed by atoms with Gasteiger partial charge in [-0.15, -0.1) is 9.80 Å². The van der Waals surface area contributed by atoms with Gasteiger partial charge in [0.15, 0.2) is 0 Å². The molecule has 3 aromatic rings. The number of morpholine rings is 1. The first-order valence-electron chi connectivity index (χ1n) is 15.5. The fourth-order valence-electron chi connectivity index (χ4n) is 5.75. The smallest absolute Gasteiger partial charge is 0.345 e. The van der Waals surface area contributed by atoms with E-state index in [0.29, 0.717) is 28.4 Å². The minimum Gasteiger partial charge on any atom is -0.486 e. The van der Waals surface area contributed by atoms with Gasteiger partial charge in [-0.25, -0.2) is 15.8 Å². The van der Waals surface area contributed by atoms with Crippen molar-refractivity contribution in [2.45, 2.75) is 57.4 Å². The molecule has 1 aliphatic heterocycles. The molecule has 2 fully saturated rings. The van der Waals surface area contributed by atoms with Gasteiger partial charge in [0, 0.05) is 42.3 Å². The molecule has 2 aromatic heterocycles. The molecule has 254 valence electrons. The highest BCUT2D eigenvalue weighted by Crippen LogP contribution is 2.35. The largest absolute Gasteiger partial charge is 0.486 e. The number of anilines is 2. The van der Waals surface area contributed by atoms with Crippen LogP contribution in [0.25, 0.3) is 11.1 Å². The van der Waals surface area contributed by atoms with E-state index in [9.17, 15) is 8.78 Å². The molecule has 2 aliphatic rings. The maximum absolute atomic E-state index is 12.5. The number of ether oxygens (including phenoxy) is 4. The molecule has 14 nitrogen and oxygen atoms in total. The zero-order chi connectivity index (χ0) is 33.2. The van der Waals surface area contributed by atoms with E-state index < -0.39 is 6.61 Å². The lowest BCUT2D eigenvalue weighted by molar-refractivity contribution is -0.485. The number of aromatic nitrogens is 4. The average molecular weight is 678 g/mol. The zero-order valence-electron chi connectivity index (χ0n) is 26.1. The molecule has 4 N–H and O–H groups in total. The van der Waals surface area contributed by atoms with Crippen molar-refractivity contribution in [1.29, 1.82) is 5.41 Å². The first kappa shape index (κ1) is 34.3. The van der Waals surface area contributed by atoms with Gasteiger partial charge in [0.2, 0.25) is 12.3 Å². The van der Waals surface area contributed by atoms with Crippen molar-refractivity contribution < 1.29 is 32.4 Å². The molecule has 3 heterocycles. The lowest BCUT2D eigenvalue weighted by atomic mass is 9.90. The number of hydrogen-bond donors (Lipinski definition) is 3. The van der Waals surface area contributed by atoms with Crippen LogP contribution in [0.5, 0.6) is 11.6 Å². The van der Waals surface area contributed by atoms with Crippen LogP contribution < -0.4 is 20.6 Å². The van der Waals surface area contributed by atoms with E-state index in [2.05, 4.69) is 35.2 Å². The Morgan fingerprint density at radius 3 is 2.55 bits per heavy atom. The number of benzene rings is 1. The van der Waals surface area contributed by atoms with Gasteiger partial charge in [-0.1, -0.05) is 17.7 Å². The highest BCUT2D eigenvalue weighted by atomic mass is 35.5. The SMILES string of the molecule is C[C@@H](C[N+](C=N)=NN)Oc1cc(-c2cnc(Nc3cn(C4CCC(N5CCOCC5)CC4)nc3OCCOC(F)F)nc2)ccc1Cl. The summed E-state index contributed by atoms with van der Waals surface area (Å²) < 4.78 is 49.7. The first-order chi connectivity index (χ1) is 22.8. The molecule has 17 heteroatoms. The standard InChI is InChI=1S/C30H39ClF2N10O4/c1-20(17-42(19-34)40-35)47-27-14-21(2-7-25(27)31)22-15-36-30(37-16-22)38-26-18-43(39-28(26)45-12-13-46-29(32)33)24-5-3-23(4-6-24)41-8-10-44-11-9-41/h2,7,14-16,18-20,23-24,29,34-35H,3-6,8-13,17H2,1H3,(H,36,37,38)/p+1/t20-,23?,24?/m0/s1. The third kappa shape index (κ3) is 9.53. The van der Waals surface area contributed by atoms with Crippen molar-refractivity contribution in [2.24, 2.45) is 11.1 Å². The Hall–Kier alpha value is -3.99. The van der Waals surface area contributed by atoms with Crippen molar-refractivity contribution >= 4 is 29.6 Å². The highest BCUT2D eigenvalue weighted by molar-refractivity contribution is 6.32. The maximum atomic E-state index is 12.5. The fraction of sp³-hybridized carbons (Fsp3) is 0.533. The maximum Gasteiger partial charge on any atom is 0.345 e. The molecule has 0 amide bonds. The molecule has 47 heavy (non-hydrogen) atoms. The van der Waals surface area contributed by atoms with Crippen LogP contribution >= 0.6 is 11.6 Å². The van der Waals surface area contributed by atoms with E-state index in [-0.39, 0.29) is 37.8 Å². The number of rotatable bonds is 15. The van der Waals surface area contributed by atoms with Crippen LogP contribution in [0.2, 0.25) is 5.02 Å². The molecule has 1 saturated carbocycles. The molecule has 0 spiro atoms. The third-order valence-corrected chi connectivity index (χ3v) is 8.41. The van der Waals surface area contributed by atoms with Crippen LogP contribution in [0.3, 0.4) is 0 Å². The van der Waals surface area contributed by atoms with Crippen molar-refractivity contribution in [1.82, 2.24) is 24.6 Å². The van der Waals surface area contributed by atoms with Gasteiger partial charge in [-0.3, -0.25) is 9.58 Å². The zero-order valence-corrected chi connectivity index (χ0v) is 26.9. The Labute approximate surface area is 276 Å². The molecular formula is C30H40ClF2N10O4+. The average Bonchev–Trinajstić information content (AvgIpc) is 3.49. The van der Waals surface area contributed by atoms with Gasteiger partial charge in [0.25, 0.3) is 5.88 Å². The Balaban J connectivity index is 1.26. The lowest BCUT2D eigenvalue weighted by Gasteiger charge is -2.38. The van der Waals surface area contributed by atoms with Gasteiger partial charge < -0.3 is 24.3 Å². The monoisotopic (exact) mass is 677 g/mol. The van der Waals surface area contributed by atoms with Crippen LogP contribution in [-0.4, -0.2) is 101 Å². The highest BCUT2D eigenvalue weighted by Gasteiger charge is 2.29. The molecule has 0 bridgehead atoms. The van der Waals surface area contributed by atoms with E-state index in [1.54, 1.807) is 24.5 Å². The van der Waals surface area contributed by atoms with Crippen LogP contribution in [0.15, 0.2) is 42.0 Å². The van der Waals surface area contributed by atoms with Crippen molar-refractivity contribution in [2.75, 3.05) is 51.4 Å². The second-order valence-electron chi connectivity index (χ2n) is 11.3. The Morgan fingerprint density at radius 2 is 1.87 bits per heavy atom. The lowest BCUT2D eigenvalue weighted by Crippen LogP contribution is -2.45. The van der Waals surface area contributed by atoms with E-state index in [1.807, 2.05) is 23.9 Å². The van der Waals surface area contributed by atoms with Crippen LogP contribution in [-0.2, 0) is 9.47 Å². The van der Waals surface area contributed by atoms with Crippen LogP contribution in [0.4, 0.5) is 20.4 Å². The van der Waals surface area contributed by atoms with Gasteiger partial charge in [0.05, 0.1) is 37.1 Å². The second-order valence-corrected chi connectivity index (χ2v) is 11.7. The summed E-state index contributed by atoms with van der Waals surface area (Å²) in [4.78, 5) is 11.5. The van der Waals surface area contributed by atoms with Crippen LogP contribution in [0, 0.1) is 5.41 Å². The summed E-state index contributed by atoms with van der Waals surface area (Å²) in [6.07, 6.45) is 9.82. The fourth-order valence-corrected chi connectivity index (χ4v) is 5.91. The number of nitrogens with two attached hydrogens (primary N) is 1. The van der Waals surface area contributed by atoms with E-state index in [0.717, 1.165) is 69.5 Å². The summed E-state index contributed by atoms with van der Waals surface area (Å²) in [6, 6.07) is 6.04. The van der Waals surface area contributed by atoms with Gasteiger partial charge in [-0.05, 0) is 50.3 Å². The quantitative estimate of drug-likeness (QED) is 0.0384. The minimum absolute atomic E-state index is 0.0976. The predicted molar refractivity (Wildman–Crippen MR) is 170 cm³/mol. The number of hydrogen-bond acceptors (Lipinski definition) is 11. The Kier molecular flexibility index (Phi) is 12.2. The summed E-state index contributed by atoms with van der Waals surface area (Å²) in [7, 11) is 0. The Bertz CT molecular complexity index is 1480. The molecule has 0 radical (unpaired) electrons. The van der Waals surface area contributed by atoms with Crippen molar-refractivity contribution in [3.05, 3.63) is 41.8 Å². The van der Waals surface area contributed by atoms with Crippen molar-refractivity contribution in [3.8, 4) is 22.8 Å². The molecule has 5 rings (SSSR count). The number of nitrogens with one attached hydrogen (secondary N) is 2. The first-order valence-corrected chi connectivity index (χ1v) is 15.9. The third-order valence-electron chi connectivity index (χ3n) is 8.10. The molecule has 1 aliphatic carbocycles. The van der Waals surface area contributed by atoms with Crippen molar-refractivity contribution in [3.63, 3.8) is 0 Å². The van der Waals surface area contributed by atoms with Gasteiger partial charge in [0.1, 0.15) is 30.7 Å². The molecule has 1 saturated heterocycles. The summed E-state index contributed by atoms with van der Waals surface area (Å²) in [5, 5.41) is 19.1. The number of halogens is 3. The minimum atomic E-state index is -2.88. The molecule has 0 unspecified atom stereocenters. The molecular weight excluding hydrogens is 638 g/mol. The summed E-state index contributed by atoms with van der Waals surface area (Å²) in [5.41, 5.74) is 2.01. The summed E-state index contributed by atoms with van der Waals surface area (Å²) >= 11 is 6.38.